The van der Waals surface area contributed by atoms with E-state index in [0.717, 1.165) is 6.54 Å². The lowest BCUT2D eigenvalue weighted by atomic mass is 9.98. The van der Waals surface area contributed by atoms with Crippen LogP contribution in [0.25, 0.3) is 0 Å². The molecule has 0 aliphatic rings. The van der Waals surface area contributed by atoms with Gasteiger partial charge in [-0.15, -0.1) is 0 Å². The van der Waals surface area contributed by atoms with Crippen molar-refractivity contribution < 1.29 is 0 Å². The lowest BCUT2D eigenvalue weighted by Gasteiger charge is -2.19. The van der Waals surface area contributed by atoms with E-state index in [1.807, 2.05) is 11.7 Å². The summed E-state index contributed by atoms with van der Waals surface area (Å²) in [6, 6.07) is 0.477. The quantitative estimate of drug-likeness (QED) is 0.592. The molecule has 0 aromatic carbocycles. The lowest BCUT2D eigenvalue weighted by Crippen LogP contribution is -2.23. The van der Waals surface area contributed by atoms with Crippen molar-refractivity contribution in [2.75, 3.05) is 6.54 Å². The van der Waals surface area contributed by atoms with Crippen LogP contribution in [0.5, 0.6) is 0 Å². The van der Waals surface area contributed by atoms with Crippen molar-refractivity contribution in [3.8, 4) is 0 Å². The molecule has 1 rings (SSSR count). The molecule has 1 unspecified atom stereocenters. The average molecular weight is 293 g/mol. The van der Waals surface area contributed by atoms with E-state index in [4.69, 9.17) is 0 Å². The summed E-state index contributed by atoms with van der Waals surface area (Å²) in [7, 11) is 2.05. The molecule has 0 spiro atoms. The first-order valence-electron chi connectivity index (χ1n) is 8.85. The molecule has 1 aromatic rings. The normalized spacial score (nSPS) is 12.8. The van der Waals surface area contributed by atoms with Crippen LogP contribution in [0.15, 0.2) is 0 Å². The van der Waals surface area contributed by atoms with Crippen molar-refractivity contribution in [3.05, 3.63) is 17.0 Å². The Morgan fingerprint density at radius 2 is 1.67 bits per heavy atom. The Kier molecular flexibility index (Phi) is 8.67. The van der Waals surface area contributed by atoms with E-state index in [-0.39, 0.29) is 0 Å². The van der Waals surface area contributed by atoms with Gasteiger partial charge in [0.15, 0.2) is 0 Å². The Balaban J connectivity index is 2.55. The highest BCUT2D eigenvalue weighted by Gasteiger charge is 2.19. The Bertz CT molecular complexity index is 395. The number of nitrogens with zero attached hydrogens (tertiary/aromatic N) is 2. The van der Waals surface area contributed by atoms with Crippen molar-refractivity contribution in [3.63, 3.8) is 0 Å². The molecule has 122 valence electrons. The number of hydrogen-bond acceptors (Lipinski definition) is 2. The van der Waals surface area contributed by atoms with Crippen LogP contribution in [0.3, 0.4) is 0 Å². The molecule has 21 heavy (non-hydrogen) atoms. The second-order valence-electron chi connectivity index (χ2n) is 6.27. The molecule has 1 atom stereocenters. The minimum atomic E-state index is 0.477. The van der Waals surface area contributed by atoms with Gasteiger partial charge in [-0.05, 0) is 33.2 Å². The molecule has 1 heterocycles. The lowest BCUT2D eigenvalue weighted by molar-refractivity contribution is 0.463. The molecule has 3 nitrogen and oxygen atoms in total. The standard InChI is InChI=1S/C18H35N3/c1-6-8-9-10-11-12-13-17(19-14-7-2)18-15(3)20-21(5)16(18)4/h17,19H,6-14H2,1-5H3. The third kappa shape index (κ3) is 5.82. The summed E-state index contributed by atoms with van der Waals surface area (Å²) in [4.78, 5) is 0. The van der Waals surface area contributed by atoms with Crippen LogP contribution in [0, 0.1) is 13.8 Å². The van der Waals surface area contributed by atoms with Gasteiger partial charge in [-0.3, -0.25) is 4.68 Å². The molecule has 0 bridgehead atoms. The number of nitrogens with one attached hydrogen (secondary N) is 1. The van der Waals surface area contributed by atoms with E-state index < -0.39 is 0 Å². The van der Waals surface area contributed by atoms with Gasteiger partial charge < -0.3 is 5.32 Å². The molecule has 0 saturated carbocycles. The zero-order valence-corrected chi connectivity index (χ0v) is 14.8. The Morgan fingerprint density at radius 1 is 1.00 bits per heavy atom. The van der Waals surface area contributed by atoms with E-state index in [1.54, 1.807) is 0 Å². The van der Waals surface area contributed by atoms with Gasteiger partial charge in [0.05, 0.1) is 5.69 Å². The van der Waals surface area contributed by atoms with E-state index >= 15 is 0 Å². The van der Waals surface area contributed by atoms with E-state index in [2.05, 4.69) is 38.1 Å². The molecule has 0 amide bonds. The summed E-state index contributed by atoms with van der Waals surface area (Å²) in [5.41, 5.74) is 3.93. The van der Waals surface area contributed by atoms with Gasteiger partial charge in [-0.25, -0.2) is 0 Å². The fourth-order valence-electron chi connectivity index (χ4n) is 3.09. The van der Waals surface area contributed by atoms with E-state index in [9.17, 15) is 0 Å². The molecule has 0 aliphatic carbocycles. The molecule has 0 saturated heterocycles. The number of unbranched alkanes of at least 4 members (excludes halogenated alkanes) is 5. The van der Waals surface area contributed by atoms with Crippen LogP contribution in [0.1, 0.15) is 88.2 Å². The Labute approximate surface area is 131 Å². The maximum absolute atomic E-state index is 4.58. The highest BCUT2D eigenvalue weighted by molar-refractivity contribution is 5.28. The molecule has 0 aliphatic heterocycles. The first kappa shape index (κ1) is 18.2. The van der Waals surface area contributed by atoms with E-state index in [0.29, 0.717) is 6.04 Å². The Morgan fingerprint density at radius 3 is 2.24 bits per heavy atom. The predicted octanol–water partition coefficient (Wildman–Crippen LogP) is 4.83. The zero-order valence-electron chi connectivity index (χ0n) is 14.8. The molecule has 1 N–H and O–H groups in total. The van der Waals surface area contributed by atoms with E-state index in [1.165, 1.54) is 68.3 Å². The number of hydrogen-bond donors (Lipinski definition) is 1. The molecule has 3 heteroatoms. The first-order chi connectivity index (χ1) is 10.1. The maximum Gasteiger partial charge on any atom is 0.0644 e. The highest BCUT2D eigenvalue weighted by atomic mass is 15.3. The van der Waals surface area contributed by atoms with Gasteiger partial charge in [0.2, 0.25) is 0 Å². The number of aromatic nitrogens is 2. The number of aryl methyl sites for hydroxylation is 2. The summed E-state index contributed by atoms with van der Waals surface area (Å²) in [6.45, 7) is 9.94. The van der Waals surface area contributed by atoms with Crippen LogP contribution in [0.4, 0.5) is 0 Å². The second-order valence-corrected chi connectivity index (χ2v) is 6.27. The monoisotopic (exact) mass is 293 g/mol. The fraction of sp³-hybridized carbons (Fsp3) is 0.833. The minimum Gasteiger partial charge on any atom is -0.310 e. The zero-order chi connectivity index (χ0) is 15.7. The van der Waals surface area contributed by atoms with Crippen molar-refractivity contribution in [2.24, 2.45) is 7.05 Å². The smallest absolute Gasteiger partial charge is 0.0644 e. The van der Waals surface area contributed by atoms with Crippen molar-refractivity contribution in [2.45, 2.75) is 85.1 Å². The van der Waals surface area contributed by atoms with Gasteiger partial charge in [0, 0.05) is 24.3 Å². The van der Waals surface area contributed by atoms with Gasteiger partial charge >= 0.3 is 0 Å². The second kappa shape index (κ2) is 9.99. The summed E-state index contributed by atoms with van der Waals surface area (Å²) in [6.07, 6.45) is 10.6. The van der Waals surface area contributed by atoms with Crippen LogP contribution >= 0.6 is 0 Å². The SMILES string of the molecule is CCCCCCCCC(NCCC)c1c(C)nn(C)c1C. The van der Waals surface area contributed by atoms with Gasteiger partial charge in [-0.1, -0.05) is 52.4 Å². The summed E-state index contributed by atoms with van der Waals surface area (Å²) >= 11 is 0. The molecule has 0 radical (unpaired) electrons. The van der Waals surface area contributed by atoms with Gasteiger partial charge in [0.1, 0.15) is 0 Å². The maximum atomic E-state index is 4.58. The third-order valence-electron chi connectivity index (χ3n) is 4.40. The molecular formula is C18H35N3. The Hall–Kier alpha value is -0.830. The largest absolute Gasteiger partial charge is 0.310 e. The summed E-state index contributed by atoms with van der Waals surface area (Å²) < 4.78 is 2.02. The topological polar surface area (TPSA) is 29.9 Å². The summed E-state index contributed by atoms with van der Waals surface area (Å²) in [5.74, 6) is 0. The third-order valence-corrected chi connectivity index (χ3v) is 4.40. The van der Waals surface area contributed by atoms with Gasteiger partial charge in [-0.2, -0.15) is 5.10 Å². The predicted molar refractivity (Wildman–Crippen MR) is 91.7 cm³/mol. The highest BCUT2D eigenvalue weighted by Crippen LogP contribution is 2.26. The average Bonchev–Trinajstić information content (AvgIpc) is 2.71. The molecule has 0 fully saturated rings. The fourth-order valence-corrected chi connectivity index (χ4v) is 3.09. The first-order valence-corrected chi connectivity index (χ1v) is 8.85. The van der Waals surface area contributed by atoms with Gasteiger partial charge in [0.25, 0.3) is 0 Å². The minimum absolute atomic E-state index is 0.477. The number of rotatable bonds is 11. The summed E-state index contributed by atoms with van der Waals surface area (Å²) in [5, 5.41) is 8.31. The molecule has 1 aromatic heterocycles. The van der Waals surface area contributed by atoms with Crippen LogP contribution < -0.4 is 5.32 Å². The van der Waals surface area contributed by atoms with Crippen molar-refractivity contribution in [1.82, 2.24) is 15.1 Å². The van der Waals surface area contributed by atoms with Crippen LogP contribution in [-0.4, -0.2) is 16.3 Å². The van der Waals surface area contributed by atoms with Crippen LogP contribution in [0.2, 0.25) is 0 Å². The molecular weight excluding hydrogens is 258 g/mol. The van der Waals surface area contributed by atoms with Crippen molar-refractivity contribution in [1.29, 1.82) is 0 Å². The van der Waals surface area contributed by atoms with Crippen LogP contribution in [-0.2, 0) is 7.05 Å². The van der Waals surface area contributed by atoms with Crippen molar-refractivity contribution >= 4 is 0 Å².